The average molecular weight is 330 g/mol. The van der Waals surface area contributed by atoms with E-state index in [1.165, 1.54) is 14.2 Å². The molecule has 7 nitrogen and oxygen atoms in total. The molecule has 0 heterocycles. The lowest BCUT2D eigenvalue weighted by atomic mass is 10.2. The van der Waals surface area contributed by atoms with E-state index in [0.717, 1.165) is 0 Å². The Morgan fingerprint density at radius 2 is 1.27 bits per heavy atom. The largest absolute Gasteiger partial charge is 0.500 e. The Balaban J connectivity index is 4.54. The van der Waals surface area contributed by atoms with Gasteiger partial charge in [-0.05, 0) is 16.5 Å². The van der Waals surface area contributed by atoms with Crippen molar-refractivity contribution in [2.75, 3.05) is 20.8 Å². The molecule has 0 saturated heterocycles. The molecule has 0 aromatic rings. The minimum atomic E-state index is -2.16. The predicted octanol–water partition coefficient (Wildman–Crippen LogP) is 0.915. The number of hydrogen-bond acceptors (Lipinski definition) is 7. The van der Waals surface area contributed by atoms with E-state index in [1.807, 2.05) is 13.8 Å². The zero-order valence-corrected chi connectivity index (χ0v) is 14.7. The van der Waals surface area contributed by atoms with E-state index in [4.69, 9.17) is 3.79 Å². The molecule has 0 bridgehead atoms. The molecule has 0 radical (unpaired) electrons. The van der Waals surface area contributed by atoms with Gasteiger partial charge in [-0.15, -0.1) is 0 Å². The van der Waals surface area contributed by atoms with Gasteiger partial charge in [0.25, 0.3) is 0 Å². The second-order valence-corrected chi connectivity index (χ2v) is 7.73. The second-order valence-electron chi connectivity index (χ2n) is 5.34. The number of ketones is 2. The number of methoxy groups -OCH3 is 2. The van der Waals surface area contributed by atoms with Crippen LogP contribution in [0.5, 0.6) is 0 Å². The third-order valence-electron chi connectivity index (χ3n) is 2.71. The van der Waals surface area contributed by atoms with Crippen LogP contribution in [0.1, 0.15) is 26.7 Å². The van der Waals surface area contributed by atoms with Crippen molar-refractivity contribution in [1.29, 1.82) is 0 Å². The van der Waals surface area contributed by atoms with Crippen LogP contribution in [0, 0.1) is 5.92 Å². The highest BCUT2D eigenvalue weighted by atomic mass is 27.2. The first-order valence-electron chi connectivity index (χ1n) is 7.07. The van der Waals surface area contributed by atoms with E-state index in [9.17, 15) is 19.2 Å². The van der Waals surface area contributed by atoms with Crippen LogP contribution in [0.2, 0.25) is 10.6 Å². The molecule has 0 rings (SSSR count). The first-order chi connectivity index (χ1) is 10.3. The number of ether oxygens (including phenoxy) is 2. The smallest absolute Gasteiger partial charge is 0.476 e. The Morgan fingerprint density at radius 3 is 1.59 bits per heavy atom. The van der Waals surface area contributed by atoms with Gasteiger partial charge >= 0.3 is 26.4 Å². The van der Waals surface area contributed by atoms with Crippen molar-refractivity contribution in [3.8, 4) is 0 Å². The number of carbonyl (C=O) groups excluding carboxylic acids is 4. The van der Waals surface area contributed by atoms with Gasteiger partial charge in [-0.3, -0.25) is 9.59 Å². The average Bonchev–Trinajstić information content (AvgIpc) is 2.43. The summed E-state index contributed by atoms with van der Waals surface area (Å²) in [4.78, 5) is 45.7. The molecule has 0 N–H and O–H groups in total. The molecule has 0 aliphatic heterocycles. The molecule has 22 heavy (non-hydrogen) atoms. The molecular weight excluding hydrogens is 307 g/mol. The van der Waals surface area contributed by atoms with Crippen molar-refractivity contribution in [3.05, 3.63) is 0 Å². The zero-order chi connectivity index (χ0) is 17.1. The van der Waals surface area contributed by atoms with Gasteiger partial charge in [0, 0.05) is 6.61 Å². The number of esters is 2. The van der Waals surface area contributed by atoms with E-state index < -0.39 is 26.4 Å². The SMILES string of the molecule is COC(=O)CC(=O)[CH2][Al]([CH2]C(=O)CC(=O)OC)[O]CC(C)C. The van der Waals surface area contributed by atoms with Gasteiger partial charge in [-0.25, -0.2) is 0 Å². The third-order valence-corrected chi connectivity index (χ3v) is 5.20. The van der Waals surface area contributed by atoms with Crippen LogP contribution in [0.15, 0.2) is 0 Å². The fourth-order valence-electron chi connectivity index (χ4n) is 1.64. The minimum absolute atomic E-state index is 0.0642. The van der Waals surface area contributed by atoms with Gasteiger partial charge < -0.3 is 22.9 Å². The summed E-state index contributed by atoms with van der Waals surface area (Å²) >= 11 is -2.16. The Kier molecular flexibility index (Phi) is 10.7. The number of rotatable bonds is 11. The van der Waals surface area contributed by atoms with Gasteiger partial charge in [-0.2, -0.15) is 0 Å². The molecule has 8 heteroatoms. The zero-order valence-electron chi connectivity index (χ0n) is 13.5. The molecule has 0 aliphatic carbocycles. The Hall–Kier alpha value is -1.23. The summed E-state index contributed by atoms with van der Waals surface area (Å²) in [6, 6.07) is 0. The van der Waals surface area contributed by atoms with Crippen LogP contribution < -0.4 is 0 Å². The van der Waals surface area contributed by atoms with Crippen molar-refractivity contribution in [2.24, 2.45) is 5.92 Å². The highest BCUT2D eigenvalue weighted by Crippen LogP contribution is 2.10. The van der Waals surface area contributed by atoms with Crippen molar-refractivity contribution in [2.45, 2.75) is 37.3 Å². The molecule has 0 spiro atoms. The fraction of sp³-hybridized carbons (Fsp3) is 0.714. The lowest BCUT2D eigenvalue weighted by Crippen LogP contribution is -2.28. The second kappa shape index (κ2) is 11.4. The van der Waals surface area contributed by atoms with Crippen LogP contribution in [-0.2, 0) is 32.4 Å². The maximum Gasteiger partial charge on any atom is 0.476 e. The standard InChI is InChI=1S/2C5H7O3.C4H9O.Al/c2*1-4(6)3-5(7)8-2;1-4(2)3-5;/h2*1,3H2,2H3;4H,3H2,1-2H3;/q;;-1;+1. The number of Topliss-reactive ketones (excluding diaryl/α,β-unsaturated/α-hetero) is 2. The summed E-state index contributed by atoms with van der Waals surface area (Å²) in [5, 5.41) is 0.128. The Labute approximate surface area is 135 Å². The highest BCUT2D eigenvalue weighted by Gasteiger charge is 2.29. The normalized spacial score (nSPS) is 10.2. The van der Waals surface area contributed by atoms with Crippen LogP contribution in [-0.4, -0.2) is 58.8 Å². The molecule has 0 saturated carbocycles. The molecule has 0 amide bonds. The Bertz CT molecular complexity index is 374. The molecule has 0 aromatic heterocycles. The van der Waals surface area contributed by atoms with Crippen LogP contribution in [0.3, 0.4) is 0 Å². The first kappa shape index (κ1) is 20.8. The van der Waals surface area contributed by atoms with E-state index in [2.05, 4.69) is 9.47 Å². The van der Waals surface area contributed by atoms with Gasteiger partial charge in [0.2, 0.25) is 0 Å². The minimum Gasteiger partial charge on any atom is -0.500 e. The molecule has 0 unspecified atom stereocenters. The molecular formula is C14H23AlO7. The van der Waals surface area contributed by atoms with E-state index in [1.54, 1.807) is 0 Å². The fourth-order valence-corrected chi connectivity index (χ4v) is 3.98. The summed E-state index contributed by atoms with van der Waals surface area (Å²) in [5.74, 6) is -1.57. The van der Waals surface area contributed by atoms with Crippen LogP contribution >= 0.6 is 0 Å². The van der Waals surface area contributed by atoms with Gasteiger partial charge in [0.15, 0.2) is 0 Å². The monoisotopic (exact) mass is 330 g/mol. The quantitative estimate of drug-likeness (QED) is 0.316. The van der Waals surface area contributed by atoms with Crippen molar-refractivity contribution in [1.82, 2.24) is 0 Å². The summed E-state index contributed by atoms with van der Waals surface area (Å²) in [6.45, 7) is 4.35. The van der Waals surface area contributed by atoms with Crippen molar-refractivity contribution < 1.29 is 32.4 Å². The van der Waals surface area contributed by atoms with Crippen molar-refractivity contribution >= 4 is 38.0 Å². The summed E-state index contributed by atoms with van der Waals surface area (Å²) in [6.07, 6.45) is -0.646. The Morgan fingerprint density at radius 1 is 0.864 bits per heavy atom. The maximum atomic E-state index is 11.8. The van der Waals surface area contributed by atoms with Gasteiger partial charge in [0.05, 0.1) is 14.2 Å². The number of hydrogen-bond donors (Lipinski definition) is 0. The van der Waals surface area contributed by atoms with Gasteiger partial charge in [0.1, 0.15) is 24.4 Å². The lowest BCUT2D eigenvalue weighted by Gasteiger charge is -2.14. The molecule has 0 aromatic carbocycles. The molecule has 0 atom stereocenters. The maximum absolute atomic E-state index is 11.8. The van der Waals surface area contributed by atoms with Crippen LogP contribution in [0.25, 0.3) is 0 Å². The highest BCUT2D eigenvalue weighted by molar-refractivity contribution is 6.60. The summed E-state index contributed by atoms with van der Waals surface area (Å²) in [7, 11) is 2.42. The molecule has 0 aliphatic rings. The number of carbonyl (C=O) groups is 4. The summed E-state index contributed by atoms with van der Waals surface area (Å²) in [5.41, 5.74) is 0. The van der Waals surface area contributed by atoms with Crippen LogP contribution in [0.4, 0.5) is 0 Å². The predicted molar refractivity (Wildman–Crippen MR) is 79.4 cm³/mol. The molecule has 0 fully saturated rings. The van der Waals surface area contributed by atoms with E-state index in [0.29, 0.717) is 6.61 Å². The van der Waals surface area contributed by atoms with E-state index >= 15 is 0 Å². The lowest BCUT2D eigenvalue weighted by molar-refractivity contribution is -0.144. The van der Waals surface area contributed by atoms with Crippen molar-refractivity contribution in [3.63, 3.8) is 0 Å². The topological polar surface area (TPSA) is 96.0 Å². The van der Waals surface area contributed by atoms with Gasteiger partial charge in [-0.1, -0.05) is 13.8 Å². The first-order valence-corrected chi connectivity index (χ1v) is 9.17. The molecule has 124 valence electrons. The summed E-state index contributed by atoms with van der Waals surface area (Å²) < 4.78 is 14.5. The third kappa shape index (κ3) is 10.5. The van der Waals surface area contributed by atoms with E-state index in [-0.39, 0.29) is 40.9 Å².